The average Bonchev–Trinajstić information content (AvgIpc) is 2.88. The Hall–Kier alpha value is -3.21. The maximum atomic E-state index is 12.1. The van der Waals surface area contributed by atoms with E-state index in [4.69, 9.17) is 4.74 Å². The van der Waals surface area contributed by atoms with Crippen molar-refractivity contribution in [3.8, 4) is 0 Å². The Morgan fingerprint density at radius 2 is 1.79 bits per heavy atom. The van der Waals surface area contributed by atoms with Crippen LogP contribution in [0.1, 0.15) is 22.3 Å². The summed E-state index contributed by atoms with van der Waals surface area (Å²) in [5.74, 6) is 0.0917. The standard InChI is InChI=1S/C19H15NO4/c1-12-3-8-17(13(2)9-12)18-11-15(19(21)24-18)10-14-4-6-16(7-5-14)20(22)23/h3-11H,1-2H3/b15-10-. The molecule has 1 aliphatic rings. The maximum absolute atomic E-state index is 12.1. The second-order valence-electron chi connectivity index (χ2n) is 5.66. The number of aryl methyl sites for hydroxylation is 2. The zero-order chi connectivity index (χ0) is 17.3. The minimum Gasteiger partial charge on any atom is -0.422 e. The largest absolute Gasteiger partial charge is 0.422 e. The number of non-ortho nitro benzene ring substituents is 1. The molecule has 5 nitrogen and oxygen atoms in total. The summed E-state index contributed by atoms with van der Waals surface area (Å²) in [6, 6.07) is 11.9. The molecule has 0 N–H and O–H groups in total. The molecule has 0 fully saturated rings. The number of nitro groups is 1. The predicted octanol–water partition coefficient (Wildman–Crippen LogP) is 4.19. The fraction of sp³-hybridized carbons (Fsp3) is 0.105. The molecule has 1 heterocycles. The molecular formula is C19H15NO4. The number of ether oxygens (including phenoxy) is 1. The van der Waals surface area contributed by atoms with Crippen LogP contribution in [0.3, 0.4) is 0 Å². The van der Waals surface area contributed by atoms with Gasteiger partial charge in [0.15, 0.2) is 0 Å². The molecule has 0 spiro atoms. The Labute approximate surface area is 139 Å². The minimum absolute atomic E-state index is 0.0117. The molecule has 0 unspecified atom stereocenters. The van der Waals surface area contributed by atoms with Crippen molar-refractivity contribution in [3.63, 3.8) is 0 Å². The smallest absolute Gasteiger partial charge is 0.343 e. The van der Waals surface area contributed by atoms with Crippen molar-refractivity contribution in [1.29, 1.82) is 0 Å². The molecule has 2 aromatic rings. The van der Waals surface area contributed by atoms with Crippen molar-refractivity contribution in [2.45, 2.75) is 13.8 Å². The van der Waals surface area contributed by atoms with Gasteiger partial charge in [0, 0.05) is 17.7 Å². The van der Waals surface area contributed by atoms with Crippen molar-refractivity contribution in [1.82, 2.24) is 0 Å². The van der Waals surface area contributed by atoms with Gasteiger partial charge in [0.25, 0.3) is 5.69 Å². The lowest BCUT2D eigenvalue weighted by molar-refractivity contribution is -0.384. The normalized spacial score (nSPS) is 15.3. The molecule has 0 radical (unpaired) electrons. The third-order valence-corrected chi connectivity index (χ3v) is 3.80. The second-order valence-corrected chi connectivity index (χ2v) is 5.66. The van der Waals surface area contributed by atoms with Crippen LogP contribution in [0.15, 0.2) is 54.1 Å². The number of benzene rings is 2. The Bertz CT molecular complexity index is 892. The summed E-state index contributed by atoms with van der Waals surface area (Å²) in [6.07, 6.45) is 3.35. The van der Waals surface area contributed by atoms with Gasteiger partial charge in [0.05, 0.1) is 10.5 Å². The number of hydrogen-bond donors (Lipinski definition) is 0. The van der Waals surface area contributed by atoms with E-state index in [0.29, 0.717) is 16.9 Å². The lowest BCUT2D eigenvalue weighted by Crippen LogP contribution is -1.98. The van der Waals surface area contributed by atoms with E-state index in [2.05, 4.69) is 0 Å². The van der Waals surface area contributed by atoms with E-state index in [1.807, 2.05) is 32.0 Å². The fourth-order valence-electron chi connectivity index (χ4n) is 2.58. The Morgan fingerprint density at radius 1 is 1.08 bits per heavy atom. The van der Waals surface area contributed by atoms with E-state index in [1.165, 1.54) is 12.1 Å². The van der Waals surface area contributed by atoms with E-state index in [0.717, 1.165) is 16.7 Å². The molecule has 0 saturated heterocycles. The third-order valence-electron chi connectivity index (χ3n) is 3.80. The molecule has 0 amide bonds. The first kappa shape index (κ1) is 15.7. The molecule has 0 saturated carbocycles. The number of rotatable bonds is 3. The zero-order valence-electron chi connectivity index (χ0n) is 13.3. The van der Waals surface area contributed by atoms with Gasteiger partial charge in [-0.2, -0.15) is 0 Å². The molecule has 3 rings (SSSR count). The quantitative estimate of drug-likeness (QED) is 0.368. The highest BCUT2D eigenvalue weighted by Gasteiger charge is 2.23. The highest BCUT2D eigenvalue weighted by atomic mass is 16.6. The molecule has 0 aliphatic carbocycles. The number of hydrogen-bond acceptors (Lipinski definition) is 4. The molecule has 0 aromatic heterocycles. The second kappa shape index (κ2) is 6.12. The fourth-order valence-corrected chi connectivity index (χ4v) is 2.58. The van der Waals surface area contributed by atoms with Gasteiger partial charge in [-0.3, -0.25) is 10.1 Å². The summed E-state index contributed by atoms with van der Waals surface area (Å²) < 4.78 is 5.36. The molecule has 2 aromatic carbocycles. The maximum Gasteiger partial charge on any atom is 0.343 e. The van der Waals surface area contributed by atoms with Gasteiger partial charge >= 0.3 is 5.97 Å². The van der Waals surface area contributed by atoms with E-state index in [9.17, 15) is 14.9 Å². The first-order valence-electron chi connectivity index (χ1n) is 7.42. The van der Waals surface area contributed by atoms with Crippen molar-refractivity contribution in [3.05, 3.63) is 86.5 Å². The number of carbonyl (C=O) groups is 1. The van der Waals surface area contributed by atoms with Crippen molar-refractivity contribution in [2.75, 3.05) is 0 Å². The number of esters is 1. The first-order chi connectivity index (χ1) is 11.4. The summed E-state index contributed by atoms with van der Waals surface area (Å²) in [6.45, 7) is 3.97. The van der Waals surface area contributed by atoms with Crippen LogP contribution in [0.2, 0.25) is 0 Å². The Morgan fingerprint density at radius 3 is 2.42 bits per heavy atom. The Kier molecular flexibility index (Phi) is 4.00. The van der Waals surface area contributed by atoms with Crippen molar-refractivity contribution >= 4 is 23.5 Å². The van der Waals surface area contributed by atoms with E-state index < -0.39 is 10.9 Å². The number of nitro benzene ring substituents is 1. The van der Waals surface area contributed by atoms with Gasteiger partial charge in [-0.05, 0) is 49.3 Å². The third kappa shape index (κ3) is 3.10. The van der Waals surface area contributed by atoms with Crippen LogP contribution in [0.4, 0.5) is 5.69 Å². The molecule has 1 aliphatic heterocycles. The van der Waals surface area contributed by atoms with Crippen molar-refractivity contribution in [2.24, 2.45) is 0 Å². The molecule has 0 atom stereocenters. The SMILES string of the molecule is Cc1ccc(C2=C/C(=C/c3ccc([N+](=O)[O-])cc3)C(=O)O2)c(C)c1. The van der Waals surface area contributed by atoms with Crippen LogP contribution >= 0.6 is 0 Å². The van der Waals surface area contributed by atoms with Crippen LogP contribution in [-0.2, 0) is 9.53 Å². The zero-order valence-corrected chi connectivity index (χ0v) is 13.3. The van der Waals surface area contributed by atoms with E-state index in [-0.39, 0.29) is 5.69 Å². The van der Waals surface area contributed by atoms with Gasteiger partial charge in [-0.25, -0.2) is 4.79 Å². The molecule has 24 heavy (non-hydrogen) atoms. The summed E-state index contributed by atoms with van der Waals surface area (Å²) in [5, 5.41) is 10.7. The van der Waals surface area contributed by atoms with Crippen molar-refractivity contribution < 1.29 is 14.5 Å². The monoisotopic (exact) mass is 321 g/mol. The van der Waals surface area contributed by atoms with Crippen LogP contribution in [0, 0.1) is 24.0 Å². The Balaban J connectivity index is 1.92. The van der Waals surface area contributed by atoms with Gasteiger partial charge in [0.1, 0.15) is 5.76 Å². The number of nitrogens with zero attached hydrogens (tertiary/aromatic N) is 1. The van der Waals surface area contributed by atoms with E-state index in [1.54, 1.807) is 24.3 Å². The van der Waals surface area contributed by atoms with Gasteiger partial charge in [0.2, 0.25) is 0 Å². The average molecular weight is 321 g/mol. The molecule has 0 bridgehead atoms. The summed E-state index contributed by atoms with van der Waals surface area (Å²) in [5.41, 5.74) is 4.18. The number of carbonyl (C=O) groups excluding carboxylic acids is 1. The first-order valence-corrected chi connectivity index (χ1v) is 7.42. The predicted molar refractivity (Wildman–Crippen MR) is 91.1 cm³/mol. The summed E-state index contributed by atoms with van der Waals surface area (Å²) in [7, 11) is 0. The van der Waals surface area contributed by atoms with E-state index >= 15 is 0 Å². The van der Waals surface area contributed by atoms with Gasteiger partial charge in [-0.1, -0.05) is 23.8 Å². The summed E-state index contributed by atoms with van der Waals surface area (Å²) in [4.78, 5) is 22.3. The van der Waals surface area contributed by atoms with Crippen LogP contribution in [0.25, 0.3) is 11.8 Å². The number of cyclic esters (lactones) is 1. The van der Waals surface area contributed by atoms with Gasteiger partial charge in [-0.15, -0.1) is 0 Å². The molecule has 5 heteroatoms. The topological polar surface area (TPSA) is 69.4 Å². The van der Waals surface area contributed by atoms with Crippen LogP contribution in [0.5, 0.6) is 0 Å². The molecular weight excluding hydrogens is 306 g/mol. The van der Waals surface area contributed by atoms with Gasteiger partial charge < -0.3 is 4.74 Å². The van der Waals surface area contributed by atoms with Crippen LogP contribution in [-0.4, -0.2) is 10.9 Å². The minimum atomic E-state index is -0.459. The highest BCUT2D eigenvalue weighted by molar-refractivity contribution is 6.05. The lowest BCUT2D eigenvalue weighted by Gasteiger charge is -2.06. The van der Waals surface area contributed by atoms with Crippen LogP contribution < -0.4 is 0 Å². The summed E-state index contributed by atoms with van der Waals surface area (Å²) >= 11 is 0. The lowest BCUT2D eigenvalue weighted by atomic mass is 10.0. The molecule has 120 valence electrons. The highest BCUT2D eigenvalue weighted by Crippen LogP contribution is 2.30.